The summed E-state index contributed by atoms with van der Waals surface area (Å²) >= 11 is 0. The molecule has 0 aliphatic rings. The number of hydrogen-bond donors (Lipinski definition) is 0. The van der Waals surface area contributed by atoms with Gasteiger partial charge in [0.15, 0.2) is 0 Å². The second kappa shape index (κ2) is 5.76. The molecule has 0 spiro atoms. The average Bonchev–Trinajstić information content (AvgIpc) is 2.25. The molecular formula is C12H13NO3. The predicted molar refractivity (Wildman–Crippen MR) is 57.8 cm³/mol. The fourth-order valence-electron chi connectivity index (χ4n) is 1.18. The summed E-state index contributed by atoms with van der Waals surface area (Å²) < 4.78 is 10.1. The molecular weight excluding hydrogens is 206 g/mol. The van der Waals surface area contributed by atoms with E-state index in [-0.39, 0.29) is 6.61 Å². The van der Waals surface area contributed by atoms with Crippen LogP contribution in [-0.4, -0.2) is 18.7 Å². The minimum atomic E-state index is -0.864. The van der Waals surface area contributed by atoms with E-state index in [1.165, 1.54) is 6.92 Å². The molecule has 0 unspecified atom stereocenters. The Kier molecular flexibility index (Phi) is 4.34. The lowest BCUT2D eigenvalue weighted by Crippen LogP contribution is -2.22. The lowest BCUT2D eigenvalue weighted by Gasteiger charge is -2.12. The molecule has 0 aliphatic heterocycles. The zero-order chi connectivity index (χ0) is 12.0. The number of carbonyl (C=O) groups excluding carboxylic acids is 1. The van der Waals surface area contributed by atoms with E-state index in [4.69, 9.17) is 14.7 Å². The van der Waals surface area contributed by atoms with Gasteiger partial charge >= 0.3 is 5.97 Å². The van der Waals surface area contributed by atoms with E-state index in [1.807, 2.05) is 31.2 Å². The van der Waals surface area contributed by atoms with E-state index < -0.39 is 12.1 Å². The topological polar surface area (TPSA) is 59.3 Å². The number of hydrogen-bond acceptors (Lipinski definition) is 4. The lowest BCUT2D eigenvalue weighted by atomic mass is 10.2. The van der Waals surface area contributed by atoms with Crippen LogP contribution in [0, 0.1) is 18.3 Å². The molecule has 0 fully saturated rings. The van der Waals surface area contributed by atoms with Gasteiger partial charge in [0.05, 0.1) is 0 Å². The molecule has 0 N–H and O–H groups in total. The molecule has 0 aromatic heterocycles. The third-order valence-electron chi connectivity index (χ3n) is 1.94. The van der Waals surface area contributed by atoms with E-state index in [0.717, 1.165) is 5.56 Å². The quantitative estimate of drug-likeness (QED) is 0.725. The maximum atomic E-state index is 10.7. The normalized spacial score (nSPS) is 11.3. The van der Waals surface area contributed by atoms with Gasteiger partial charge in [0.2, 0.25) is 6.10 Å². The summed E-state index contributed by atoms with van der Waals surface area (Å²) in [6, 6.07) is 9.31. The molecule has 1 rings (SSSR count). The van der Waals surface area contributed by atoms with Crippen LogP contribution in [0.3, 0.4) is 0 Å². The van der Waals surface area contributed by atoms with Gasteiger partial charge in [-0.15, -0.1) is 0 Å². The Morgan fingerprint density at radius 1 is 1.50 bits per heavy atom. The van der Waals surface area contributed by atoms with Crippen molar-refractivity contribution in [3.8, 4) is 11.8 Å². The van der Waals surface area contributed by atoms with Crippen LogP contribution in [0.4, 0.5) is 0 Å². The highest BCUT2D eigenvalue weighted by molar-refractivity contribution is 5.66. The van der Waals surface area contributed by atoms with Crippen molar-refractivity contribution in [3.05, 3.63) is 29.8 Å². The number of rotatable bonds is 4. The molecule has 1 aromatic carbocycles. The van der Waals surface area contributed by atoms with Crippen LogP contribution in [0.5, 0.6) is 5.75 Å². The van der Waals surface area contributed by atoms with Gasteiger partial charge in [-0.25, -0.2) is 0 Å². The molecule has 1 aromatic rings. The summed E-state index contributed by atoms with van der Waals surface area (Å²) in [7, 11) is 0. The largest absolute Gasteiger partial charge is 0.488 e. The maximum Gasteiger partial charge on any atom is 0.304 e. The van der Waals surface area contributed by atoms with E-state index in [1.54, 1.807) is 6.07 Å². The molecule has 0 saturated carbocycles. The SMILES string of the molecule is CC(=O)O[C@@H](C#N)COc1ccccc1C. The van der Waals surface area contributed by atoms with Crippen molar-refractivity contribution in [2.75, 3.05) is 6.61 Å². The molecule has 0 aliphatic carbocycles. The third-order valence-corrected chi connectivity index (χ3v) is 1.94. The zero-order valence-corrected chi connectivity index (χ0v) is 9.27. The van der Waals surface area contributed by atoms with E-state index >= 15 is 0 Å². The van der Waals surface area contributed by atoms with Gasteiger partial charge in [-0.05, 0) is 18.6 Å². The summed E-state index contributed by atoms with van der Waals surface area (Å²) in [6.45, 7) is 3.21. The molecule has 0 bridgehead atoms. The summed E-state index contributed by atoms with van der Waals surface area (Å²) in [5.41, 5.74) is 0.974. The van der Waals surface area contributed by atoms with Crippen LogP contribution in [0.2, 0.25) is 0 Å². The number of ether oxygens (including phenoxy) is 2. The first-order valence-corrected chi connectivity index (χ1v) is 4.88. The number of aryl methyl sites for hydroxylation is 1. The number of benzene rings is 1. The van der Waals surface area contributed by atoms with Crippen molar-refractivity contribution < 1.29 is 14.3 Å². The van der Waals surface area contributed by atoms with Crippen LogP contribution >= 0.6 is 0 Å². The summed E-state index contributed by atoms with van der Waals surface area (Å²) in [4.78, 5) is 10.7. The minimum Gasteiger partial charge on any atom is -0.488 e. The van der Waals surface area contributed by atoms with Gasteiger partial charge in [0, 0.05) is 6.92 Å². The first-order valence-electron chi connectivity index (χ1n) is 4.88. The second-order valence-corrected chi connectivity index (χ2v) is 3.30. The number of nitrogens with zero attached hydrogens (tertiary/aromatic N) is 1. The van der Waals surface area contributed by atoms with E-state index in [9.17, 15) is 4.79 Å². The van der Waals surface area contributed by atoms with Gasteiger partial charge in [-0.3, -0.25) is 4.79 Å². The molecule has 0 radical (unpaired) electrons. The van der Waals surface area contributed by atoms with Crippen LogP contribution in [-0.2, 0) is 9.53 Å². The Hall–Kier alpha value is -2.02. The molecule has 84 valence electrons. The zero-order valence-electron chi connectivity index (χ0n) is 9.27. The Bertz CT molecular complexity index is 409. The Labute approximate surface area is 94.4 Å². The fraction of sp³-hybridized carbons (Fsp3) is 0.333. The molecule has 4 heteroatoms. The van der Waals surface area contributed by atoms with Gasteiger partial charge in [-0.1, -0.05) is 18.2 Å². The predicted octanol–water partition coefficient (Wildman–Crippen LogP) is 1.83. The van der Waals surface area contributed by atoms with Gasteiger partial charge < -0.3 is 9.47 Å². The highest BCUT2D eigenvalue weighted by Crippen LogP contribution is 2.16. The second-order valence-electron chi connectivity index (χ2n) is 3.30. The first kappa shape index (κ1) is 12.1. The fourth-order valence-corrected chi connectivity index (χ4v) is 1.18. The van der Waals surface area contributed by atoms with E-state index in [0.29, 0.717) is 5.75 Å². The van der Waals surface area contributed by atoms with Crippen molar-refractivity contribution in [1.29, 1.82) is 5.26 Å². The maximum absolute atomic E-state index is 10.7. The molecule has 16 heavy (non-hydrogen) atoms. The highest BCUT2D eigenvalue weighted by Gasteiger charge is 2.11. The molecule has 1 atom stereocenters. The standard InChI is InChI=1S/C12H13NO3/c1-9-5-3-4-6-12(9)15-8-11(7-13)16-10(2)14/h3-6,11H,8H2,1-2H3/t11-/m0/s1. The minimum absolute atomic E-state index is 0.0426. The van der Waals surface area contributed by atoms with Crippen molar-refractivity contribution in [3.63, 3.8) is 0 Å². The van der Waals surface area contributed by atoms with Gasteiger partial charge in [0.1, 0.15) is 18.4 Å². The lowest BCUT2D eigenvalue weighted by molar-refractivity contribution is -0.144. The van der Waals surface area contributed by atoms with Crippen LogP contribution in [0.15, 0.2) is 24.3 Å². The molecule has 0 saturated heterocycles. The molecule has 0 heterocycles. The number of nitriles is 1. The smallest absolute Gasteiger partial charge is 0.304 e. The van der Waals surface area contributed by atoms with Crippen LogP contribution in [0.1, 0.15) is 12.5 Å². The third kappa shape index (κ3) is 3.62. The molecule has 0 amide bonds. The van der Waals surface area contributed by atoms with Crippen LogP contribution in [0.25, 0.3) is 0 Å². The Balaban J connectivity index is 2.54. The summed E-state index contributed by atoms with van der Waals surface area (Å²) in [5.74, 6) is 0.204. The number of esters is 1. The number of carbonyl (C=O) groups is 1. The first-order chi connectivity index (χ1) is 7.63. The highest BCUT2D eigenvalue weighted by atomic mass is 16.6. The monoisotopic (exact) mass is 219 g/mol. The van der Waals surface area contributed by atoms with E-state index in [2.05, 4.69) is 0 Å². The van der Waals surface area contributed by atoms with Gasteiger partial charge in [0.25, 0.3) is 0 Å². The average molecular weight is 219 g/mol. The Morgan fingerprint density at radius 2 is 2.19 bits per heavy atom. The van der Waals surface area contributed by atoms with Gasteiger partial charge in [-0.2, -0.15) is 5.26 Å². The summed E-state index contributed by atoms with van der Waals surface area (Å²) in [5, 5.41) is 8.72. The van der Waals surface area contributed by atoms with Crippen molar-refractivity contribution in [1.82, 2.24) is 0 Å². The summed E-state index contributed by atoms with van der Waals surface area (Å²) in [6.07, 6.45) is -0.864. The molecule has 4 nitrogen and oxygen atoms in total. The van der Waals surface area contributed by atoms with Crippen molar-refractivity contribution >= 4 is 5.97 Å². The Morgan fingerprint density at radius 3 is 2.75 bits per heavy atom. The van der Waals surface area contributed by atoms with Crippen LogP contribution < -0.4 is 4.74 Å². The number of para-hydroxylation sites is 1. The van der Waals surface area contributed by atoms with Crippen molar-refractivity contribution in [2.45, 2.75) is 20.0 Å². The van der Waals surface area contributed by atoms with Crippen molar-refractivity contribution in [2.24, 2.45) is 0 Å².